The number of fused-ring (bicyclic) bond motifs is 2. The lowest BCUT2D eigenvalue weighted by atomic mass is 9.73. The predicted octanol–water partition coefficient (Wildman–Crippen LogP) is 16.4. The number of hydrogen-bond donors (Lipinski definition) is 1. The lowest BCUT2D eigenvalue weighted by molar-refractivity contribution is 0.632. The van der Waals surface area contributed by atoms with Gasteiger partial charge in [-0.15, -0.1) is 11.8 Å². The van der Waals surface area contributed by atoms with E-state index in [2.05, 4.69) is 264 Å². The SMILES string of the molecule is CC1(C)c2cc(N(c3ccccc3)c3ccccc3)ccc2N(c2ccccc2)c2ccc(N(c3ccccc3)c3ccc(-c4ccc(-c5cccc(C6NCCS6)c5)cc4)cc3)cc21. The number of nitrogens with zero attached hydrogens (tertiary/aromatic N) is 3. The first-order valence-electron chi connectivity index (χ1n) is 22.6. The number of anilines is 9. The summed E-state index contributed by atoms with van der Waals surface area (Å²) in [7, 11) is 0. The average Bonchev–Trinajstić information content (AvgIpc) is 3.92. The van der Waals surface area contributed by atoms with Crippen molar-refractivity contribution in [3.05, 3.63) is 247 Å². The van der Waals surface area contributed by atoms with Gasteiger partial charge in [-0.1, -0.05) is 141 Å². The number of nitrogens with one attached hydrogen (secondary N) is 1. The van der Waals surface area contributed by atoms with Gasteiger partial charge in [0.2, 0.25) is 0 Å². The third kappa shape index (κ3) is 7.77. The molecule has 9 aromatic rings. The van der Waals surface area contributed by atoms with E-state index < -0.39 is 0 Å². The maximum atomic E-state index is 3.61. The normalized spacial score (nSPS) is 14.9. The molecule has 0 spiro atoms. The molecule has 5 heteroatoms. The molecule has 2 aliphatic heterocycles. The van der Waals surface area contributed by atoms with Gasteiger partial charge in [0.15, 0.2) is 0 Å². The molecule has 1 fully saturated rings. The van der Waals surface area contributed by atoms with Gasteiger partial charge in [-0.2, -0.15) is 0 Å². The van der Waals surface area contributed by atoms with Gasteiger partial charge in [0.1, 0.15) is 0 Å². The summed E-state index contributed by atoms with van der Waals surface area (Å²) in [5, 5.41) is 3.99. The molecule has 0 aromatic heterocycles. The Balaban J connectivity index is 0.974. The Kier molecular flexibility index (Phi) is 10.8. The molecule has 2 heterocycles. The van der Waals surface area contributed by atoms with Gasteiger partial charge in [0.05, 0.1) is 16.7 Å². The van der Waals surface area contributed by atoms with Crippen LogP contribution in [0.25, 0.3) is 22.3 Å². The maximum Gasteiger partial charge on any atom is 0.0790 e. The van der Waals surface area contributed by atoms with Crippen molar-refractivity contribution in [1.82, 2.24) is 5.32 Å². The van der Waals surface area contributed by atoms with Crippen LogP contribution in [0, 0.1) is 0 Å². The molecule has 0 saturated carbocycles. The van der Waals surface area contributed by atoms with E-state index in [1.54, 1.807) is 0 Å². The van der Waals surface area contributed by atoms with E-state index in [9.17, 15) is 0 Å². The summed E-state index contributed by atoms with van der Waals surface area (Å²) >= 11 is 1.98. The molecule has 1 N–H and O–H groups in total. The Morgan fingerprint density at radius 2 is 0.862 bits per heavy atom. The van der Waals surface area contributed by atoms with E-state index in [4.69, 9.17) is 0 Å². The maximum absolute atomic E-state index is 3.61. The zero-order valence-electron chi connectivity index (χ0n) is 36.7. The van der Waals surface area contributed by atoms with Crippen LogP contribution in [-0.2, 0) is 5.41 Å². The summed E-state index contributed by atoms with van der Waals surface area (Å²) in [4.78, 5) is 7.19. The van der Waals surface area contributed by atoms with Gasteiger partial charge in [0, 0.05) is 57.5 Å². The molecule has 4 nitrogen and oxygen atoms in total. The average molecular weight is 859 g/mol. The highest BCUT2D eigenvalue weighted by molar-refractivity contribution is 7.99. The highest BCUT2D eigenvalue weighted by Gasteiger charge is 2.38. The molecule has 1 unspecified atom stereocenters. The van der Waals surface area contributed by atoms with Crippen LogP contribution in [0.2, 0.25) is 0 Å². The van der Waals surface area contributed by atoms with E-state index in [0.29, 0.717) is 5.37 Å². The summed E-state index contributed by atoms with van der Waals surface area (Å²) in [6.45, 7) is 5.83. The van der Waals surface area contributed by atoms with Crippen molar-refractivity contribution in [2.24, 2.45) is 0 Å². The van der Waals surface area contributed by atoms with Crippen molar-refractivity contribution in [2.45, 2.75) is 24.6 Å². The molecule has 2 aliphatic rings. The van der Waals surface area contributed by atoms with Crippen molar-refractivity contribution in [3.8, 4) is 22.3 Å². The number of benzene rings is 9. The molecule has 1 saturated heterocycles. The Hall–Kier alpha value is -7.31. The molecule has 9 aromatic carbocycles. The summed E-state index contributed by atoms with van der Waals surface area (Å²) in [5.41, 5.74) is 18.6. The molecule has 11 rings (SSSR count). The Morgan fingerprint density at radius 3 is 1.34 bits per heavy atom. The fourth-order valence-corrected chi connectivity index (χ4v) is 10.7. The molecule has 0 amide bonds. The quantitative estimate of drug-likeness (QED) is 0.147. The van der Waals surface area contributed by atoms with Crippen molar-refractivity contribution >= 4 is 62.9 Å². The van der Waals surface area contributed by atoms with Crippen molar-refractivity contribution in [3.63, 3.8) is 0 Å². The lowest BCUT2D eigenvalue weighted by Crippen LogP contribution is -2.31. The largest absolute Gasteiger partial charge is 0.310 e. The first-order chi connectivity index (χ1) is 32.0. The van der Waals surface area contributed by atoms with Gasteiger partial charge in [-0.25, -0.2) is 0 Å². The number of hydrogen-bond acceptors (Lipinski definition) is 5. The Morgan fingerprint density at radius 1 is 0.431 bits per heavy atom. The molecular formula is C60H50N4S. The summed E-state index contributed by atoms with van der Waals surface area (Å²) < 4.78 is 0. The van der Waals surface area contributed by atoms with Crippen LogP contribution >= 0.6 is 11.8 Å². The molecule has 1 atom stereocenters. The number of rotatable bonds is 10. The number of para-hydroxylation sites is 4. The summed E-state index contributed by atoms with van der Waals surface area (Å²) in [5.74, 6) is 1.16. The summed E-state index contributed by atoms with van der Waals surface area (Å²) in [6.07, 6.45) is 0. The van der Waals surface area contributed by atoms with Gasteiger partial charge in [0.25, 0.3) is 0 Å². The van der Waals surface area contributed by atoms with E-state index in [0.717, 1.165) is 52.1 Å². The standard InChI is InChI=1S/C60H50N4S/c1-60(2)55-41-53(62(48-18-7-3-8-19-48)49-20-9-4-10-21-49)34-36-57(55)64(51-24-13-6-14-25-51)58-37-35-54(42-56(58)60)63(50-22-11-5-12-23-50)52-32-30-44(31-33-52)43-26-28-45(29-27-43)46-16-15-17-47(40-46)59-61-38-39-65-59/h3-37,40-42,59,61H,38-39H2,1-2H3. The molecule has 0 bridgehead atoms. The molecule has 65 heavy (non-hydrogen) atoms. The van der Waals surface area contributed by atoms with Crippen LogP contribution in [0.1, 0.15) is 35.9 Å². The van der Waals surface area contributed by atoms with E-state index in [1.807, 2.05) is 11.8 Å². The predicted molar refractivity (Wildman–Crippen MR) is 277 cm³/mol. The third-order valence-electron chi connectivity index (χ3n) is 12.9. The zero-order valence-corrected chi connectivity index (χ0v) is 37.5. The smallest absolute Gasteiger partial charge is 0.0790 e. The second-order valence-electron chi connectivity index (χ2n) is 17.3. The second-order valence-corrected chi connectivity index (χ2v) is 18.5. The first kappa shape index (κ1) is 40.5. The highest BCUT2D eigenvalue weighted by atomic mass is 32.2. The van der Waals surface area contributed by atoms with Gasteiger partial charge in [-0.3, -0.25) is 0 Å². The van der Waals surface area contributed by atoms with Crippen LogP contribution in [0.5, 0.6) is 0 Å². The van der Waals surface area contributed by atoms with Gasteiger partial charge >= 0.3 is 0 Å². The van der Waals surface area contributed by atoms with Crippen molar-refractivity contribution in [2.75, 3.05) is 27.0 Å². The third-order valence-corrected chi connectivity index (χ3v) is 14.2. The zero-order chi connectivity index (χ0) is 43.7. The van der Waals surface area contributed by atoms with Gasteiger partial charge < -0.3 is 20.0 Å². The fourth-order valence-electron chi connectivity index (χ4n) is 9.65. The lowest BCUT2D eigenvalue weighted by Gasteiger charge is -2.43. The minimum atomic E-state index is -0.354. The minimum absolute atomic E-state index is 0.354. The second kappa shape index (κ2) is 17.3. The molecule has 0 radical (unpaired) electrons. The van der Waals surface area contributed by atoms with Gasteiger partial charge in [-0.05, 0) is 142 Å². The molecular weight excluding hydrogens is 809 g/mol. The molecule has 316 valence electrons. The topological polar surface area (TPSA) is 21.8 Å². The Bertz CT molecular complexity index is 3020. The fraction of sp³-hybridized carbons (Fsp3) is 0.100. The summed E-state index contributed by atoms with van der Waals surface area (Å²) in [6, 6.07) is 83.9. The van der Waals surface area contributed by atoms with Crippen LogP contribution in [-0.4, -0.2) is 12.3 Å². The van der Waals surface area contributed by atoms with Crippen LogP contribution in [0.15, 0.2) is 231 Å². The molecule has 0 aliphatic carbocycles. The first-order valence-corrected chi connectivity index (χ1v) is 23.6. The van der Waals surface area contributed by atoms with E-state index in [-0.39, 0.29) is 5.41 Å². The van der Waals surface area contributed by atoms with E-state index in [1.165, 1.54) is 50.3 Å². The number of thioether (sulfide) groups is 1. The van der Waals surface area contributed by atoms with Crippen molar-refractivity contribution < 1.29 is 0 Å². The minimum Gasteiger partial charge on any atom is -0.310 e. The van der Waals surface area contributed by atoms with Crippen LogP contribution in [0.4, 0.5) is 51.2 Å². The van der Waals surface area contributed by atoms with Crippen LogP contribution < -0.4 is 20.0 Å². The monoisotopic (exact) mass is 858 g/mol. The Labute approximate surface area is 387 Å². The van der Waals surface area contributed by atoms with Crippen molar-refractivity contribution in [1.29, 1.82) is 0 Å². The van der Waals surface area contributed by atoms with E-state index >= 15 is 0 Å². The highest BCUT2D eigenvalue weighted by Crippen LogP contribution is 2.55. The van der Waals surface area contributed by atoms with Crippen LogP contribution in [0.3, 0.4) is 0 Å².